The van der Waals surface area contributed by atoms with Gasteiger partial charge in [0.2, 0.25) is 5.91 Å². The average molecular weight is 368 g/mol. The summed E-state index contributed by atoms with van der Waals surface area (Å²) in [6.45, 7) is 5.65. The fourth-order valence-electron chi connectivity index (χ4n) is 4.03. The first-order valence-corrected chi connectivity index (χ1v) is 8.62. The number of halogens is 2. The number of piperidine rings is 1. The quantitative estimate of drug-likeness (QED) is 0.700. The van der Waals surface area contributed by atoms with Crippen molar-refractivity contribution in [3.05, 3.63) is 0 Å². The first-order chi connectivity index (χ1) is 10.3. The van der Waals surface area contributed by atoms with Crippen LogP contribution in [0.5, 0.6) is 0 Å². The van der Waals surface area contributed by atoms with Crippen molar-refractivity contribution < 1.29 is 9.53 Å². The van der Waals surface area contributed by atoms with E-state index in [1.54, 1.807) is 0 Å². The molecule has 0 spiro atoms. The fraction of sp³-hybridized carbons (Fsp3) is 0.938. The second kappa shape index (κ2) is 10.7. The Morgan fingerprint density at radius 3 is 2.43 bits per heavy atom. The summed E-state index contributed by atoms with van der Waals surface area (Å²) in [4.78, 5) is 14.4. The van der Waals surface area contributed by atoms with E-state index >= 15 is 0 Å². The highest BCUT2D eigenvalue weighted by atomic mass is 35.5. The molecule has 2 atom stereocenters. The van der Waals surface area contributed by atoms with E-state index in [1.165, 1.54) is 25.7 Å². The number of nitrogens with one attached hydrogen (secondary N) is 2. The van der Waals surface area contributed by atoms with Crippen LogP contribution < -0.4 is 10.6 Å². The number of fused-ring (bicyclic) bond motifs is 2. The van der Waals surface area contributed by atoms with Gasteiger partial charge in [-0.2, -0.15) is 0 Å². The predicted octanol–water partition coefficient (Wildman–Crippen LogP) is 1.59. The second-order valence-electron chi connectivity index (χ2n) is 6.84. The van der Waals surface area contributed by atoms with Gasteiger partial charge in [-0.3, -0.25) is 9.69 Å². The minimum absolute atomic E-state index is 0. The van der Waals surface area contributed by atoms with Gasteiger partial charge in [-0.15, -0.1) is 24.8 Å². The zero-order valence-electron chi connectivity index (χ0n) is 13.8. The molecule has 0 aromatic rings. The van der Waals surface area contributed by atoms with Crippen LogP contribution >= 0.6 is 24.8 Å². The molecule has 0 aliphatic carbocycles. The highest BCUT2D eigenvalue weighted by molar-refractivity contribution is 5.85. The Kier molecular flexibility index (Phi) is 9.78. The van der Waals surface area contributed by atoms with Gasteiger partial charge in [0.1, 0.15) is 0 Å². The van der Waals surface area contributed by atoms with Gasteiger partial charge in [-0.25, -0.2) is 0 Å². The van der Waals surface area contributed by atoms with E-state index in [-0.39, 0.29) is 30.7 Å². The van der Waals surface area contributed by atoms with Gasteiger partial charge in [0.05, 0.1) is 13.2 Å². The van der Waals surface area contributed by atoms with Gasteiger partial charge >= 0.3 is 0 Å². The minimum Gasteiger partial charge on any atom is -0.379 e. The molecule has 0 saturated carbocycles. The van der Waals surface area contributed by atoms with Crippen molar-refractivity contribution in [2.45, 2.75) is 50.6 Å². The third-order valence-corrected chi connectivity index (χ3v) is 5.12. The molecule has 136 valence electrons. The Hall–Kier alpha value is -0.0700. The maximum atomic E-state index is 12.0. The van der Waals surface area contributed by atoms with Gasteiger partial charge < -0.3 is 15.4 Å². The van der Waals surface area contributed by atoms with E-state index in [0.717, 1.165) is 52.2 Å². The standard InChI is InChI=1S/C16H29N3O2.2ClH/c20-16(12-13-10-14-2-3-15(11-13)18-14)17-4-1-5-19-6-8-21-9-7-19;;/h13-15,18H,1-12H2,(H,17,20);2*1H. The molecule has 2 unspecified atom stereocenters. The van der Waals surface area contributed by atoms with Crippen LogP contribution in [-0.2, 0) is 9.53 Å². The van der Waals surface area contributed by atoms with Crippen LogP contribution in [0.1, 0.15) is 38.5 Å². The number of morpholine rings is 1. The Labute approximate surface area is 152 Å². The summed E-state index contributed by atoms with van der Waals surface area (Å²) >= 11 is 0. The molecule has 7 heteroatoms. The smallest absolute Gasteiger partial charge is 0.220 e. The summed E-state index contributed by atoms with van der Waals surface area (Å²) in [6.07, 6.45) is 6.77. The molecule has 0 aromatic carbocycles. The third kappa shape index (κ3) is 6.75. The van der Waals surface area contributed by atoms with Crippen molar-refractivity contribution in [2.75, 3.05) is 39.4 Å². The number of rotatable bonds is 6. The number of hydrogen-bond donors (Lipinski definition) is 2. The maximum Gasteiger partial charge on any atom is 0.220 e. The topological polar surface area (TPSA) is 53.6 Å². The fourth-order valence-corrected chi connectivity index (χ4v) is 4.03. The summed E-state index contributed by atoms with van der Waals surface area (Å²) in [7, 11) is 0. The first-order valence-electron chi connectivity index (χ1n) is 8.62. The molecule has 23 heavy (non-hydrogen) atoms. The molecule has 2 N–H and O–H groups in total. The first kappa shape index (κ1) is 21.0. The Bertz CT molecular complexity index is 342. The Morgan fingerprint density at radius 1 is 1.13 bits per heavy atom. The number of hydrogen-bond acceptors (Lipinski definition) is 4. The monoisotopic (exact) mass is 367 g/mol. The summed E-state index contributed by atoms with van der Waals surface area (Å²) < 4.78 is 5.33. The molecule has 0 aromatic heterocycles. The highest BCUT2D eigenvalue weighted by Gasteiger charge is 2.34. The lowest BCUT2D eigenvalue weighted by molar-refractivity contribution is -0.122. The van der Waals surface area contributed by atoms with Crippen LogP contribution in [0.15, 0.2) is 0 Å². The van der Waals surface area contributed by atoms with Gasteiger partial charge in [0.15, 0.2) is 0 Å². The largest absolute Gasteiger partial charge is 0.379 e. The van der Waals surface area contributed by atoms with Crippen molar-refractivity contribution in [1.29, 1.82) is 0 Å². The van der Waals surface area contributed by atoms with Crippen LogP contribution in [0.3, 0.4) is 0 Å². The molecule has 2 bridgehead atoms. The summed E-state index contributed by atoms with van der Waals surface area (Å²) in [5.41, 5.74) is 0. The van der Waals surface area contributed by atoms with E-state index in [2.05, 4.69) is 15.5 Å². The van der Waals surface area contributed by atoms with Crippen LogP contribution in [0.2, 0.25) is 0 Å². The van der Waals surface area contributed by atoms with E-state index in [9.17, 15) is 4.79 Å². The molecule has 3 heterocycles. The van der Waals surface area contributed by atoms with Crippen molar-refractivity contribution >= 4 is 30.7 Å². The van der Waals surface area contributed by atoms with Crippen molar-refractivity contribution in [2.24, 2.45) is 5.92 Å². The maximum absolute atomic E-state index is 12.0. The molecule has 1 amide bonds. The average Bonchev–Trinajstić information content (AvgIpc) is 2.84. The molecule has 3 aliphatic rings. The normalized spacial score (nSPS) is 30.2. The minimum atomic E-state index is 0. The Morgan fingerprint density at radius 2 is 1.78 bits per heavy atom. The zero-order valence-corrected chi connectivity index (χ0v) is 15.4. The molecule has 3 rings (SSSR count). The summed E-state index contributed by atoms with van der Waals surface area (Å²) in [5.74, 6) is 0.853. The van der Waals surface area contributed by atoms with Gasteiger partial charge in [0.25, 0.3) is 0 Å². The van der Waals surface area contributed by atoms with E-state index < -0.39 is 0 Å². The summed E-state index contributed by atoms with van der Waals surface area (Å²) in [5, 5.41) is 6.74. The third-order valence-electron chi connectivity index (χ3n) is 5.12. The zero-order chi connectivity index (χ0) is 14.5. The molecule has 0 radical (unpaired) electrons. The van der Waals surface area contributed by atoms with Gasteiger partial charge in [-0.05, 0) is 44.6 Å². The van der Waals surface area contributed by atoms with E-state index in [4.69, 9.17) is 4.74 Å². The number of carbonyl (C=O) groups excluding carboxylic acids is 1. The molecule has 3 aliphatic heterocycles. The van der Waals surface area contributed by atoms with Crippen molar-refractivity contribution in [1.82, 2.24) is 15.5 Å². The lowest BCUT2D eigenvalue weighted by atomic mass is 9.89. The predicted molar refractivity (Wildman–Crippen MR) is 96.7 cm³/mol. The van der Waals surface area contributed by atoms with Crippen LogP contribution in [-0.4, -0.2) is 62.3 Å². The Balaban J connectivity index is 0.00000132. The van der Waals surface area contributed by atoms with Crippen LogP contribution in [0.4, 0.5) is 0 Å². The van der Waals surface area contributed by atoms with E-state index in [1.807, 2.05) is 0 Å². The molecule has 5 nitrogen and oxygen atoms in total. The molecule has 3 fully saturated rings. The molecule has 3 saturated heterocycles. The number of nitrogens with zero attached hydrogens (tertiary/aromatic N) is 1. The molecular formula is C16H31Cl2N3O2. The SMILES string of the molecule is Cl.Cl.O=C(CC1CC2CCC(C1)N2)NCCCN1CCOCC1. The lowest BCUT2D eigenvalue weighted by Gasteiger charge is -2.28. The number of amides is 1. The van der Waals surface area contributed by atoms with Gasteiger partial charge in [-0.1, -0.05) is 0 Å². The van der Waals surface area contributed by atoms with Crippen molar-refractivity contribution in [3.8, 4) is 0 Å². The van der Waals surface area contributed by atoms with Gasteiger partial charge in [0, 0.05) is 38.1 Å². The molecular weight excluding hydrogens is 337 g/mol. The number of carbonyl (C=O) groups is 1. The highest BCUT2D eigenvalue weighted by Crippen LogP contribution is 2.32. The number of ether oxygens (including phenoxy) is 1. The van der Waals surface area contributed by atoms with Crippen LogP contribution in [0, 0.1) is 5.92 Å². The lowest BCUT2D eigenvalue weighted by Crippen LogP contribution is -2.40. The van der Waals surface area contributed by atoms with E-state index in [0.29, 0.717) is 18.0 Å². The second-order valence-corrected chi connectivity index (χ2v) is 6.84. The van der Waals surface area contributed by atoms with Crippen LogP contribution in [0.25, 0.3) is 0 Å². The van der Waals surface area contributed by atoms with Crippen molar-refractivity contribution in [3.63, 3.8) is 0 Å². The summed E-state index contributed by atoms with van der Waals surface area (Å²) in [6, 6.07) is 1.37.